The van der Waals surface area contributed by atoms with Gasteiger partial charge in [0.05, 0.1) is 30.7 Å². The highest BCUT2D eigenvalue weighted by molar-refractivity contribution is 6.30. The van der Waals surface area contributed by atoms with Crippen molar-refractivity contribution in [1.29, 1.82) is 0 Å². The van der Waals surface area contributed by atoms with E-state index in [-0.39, 0.29) is 11.8 Å². The molecule has 0 saturated carbocycles. The van der Waals surface area contributed by atoms with E-state index in [2.05, 4.69) is 41.4 Å². The Morgan fingerprint density at radius 1 is 1.13 bits per heavy atom. The van der Waals surface area contributed by atoms with Crippen LogP contribution in [0.2, 0.25) is 5.02 Å². The minimum atomic E-state index is -0.609. The van der Waals surface area contributed by atoms with Crippen molar-refractivity contribution in [2.75, 3.05) is 31.8 Å². The number of carbonyl (C=O) groups is 3. The molecule has 0 fully saturated rings. The predicted molar refractivity (Wildman–Crippen MR) is 169 cm³/mol. The maximum Gasteiger partial charge on any atom is 0.411 e. The third-order valence-electron chi connectivity index (χ3n) is 7.29. The Balaban J connectivity index is 1.42. The predicted octanol–water partition coefficient (Wildman–Crippen LogP) is 4.20. The van der Waals surface area contributed by atoms with Gasteiger partial charge in [0.25, 0.3) is 0 Å². The monoisotopic (exact) mass is 632 g/mol. The molecule has 1 aliphatic rings. The first kappa shape index (κ1) is 31.2. The Morgan fingerprint density at radius 3 is 2.71 bits per heavy atom. The smallest absolute Gasteiger partial charge is 0.411 e. The van der Waals surface area contributed by atoms with Crippen LogP contribution in [0.4, 0.5) is 16.2 Å². The number of rotatable bonds is 6. The minimum absolute atomic E-state index is 0.0771. The number of imidazole rings is 1. The summed E-state index contributed by atoms with van der Waals surface area (Å²) in [6.45, 7) is 0. The first-order valence-corrected chi connectivity index (χ1v) is 14.6. The fourth-order valence-electron chi connectivity index (χ4n) is 5.05. The van der Waals surface area contributed by atoms with E-state index in [1.165, 1.54) is 24.2 Å². The quantitative estimate of drug-likeness (QED) is 0.227. The molecular formula is C30H33ClN10O4. The topological polar surface area (TPSA) is 172 Å². The third kappa shape index (κ3) is 7.65. The van der Waals surface area contributed by atoms with Crippen molar-refractivity contribution in [3.05, 3.63) is 71.4 Å². The first-order chi connectivity index (χ1) is 21.7. The standard InChI is InChI=1S/C30H33ClN10O4/c1-40(2)29(43)23-7-5-4-6-22(36-27(42)13-8-18-14-19(31)9-12-26(18)41-17-33-38-39-41)28-32-16-25(37-28)21-11-10-20(15-24(21)35-23)34-30(44)45-3/h8-17,22-23,35H,4-7H2,1-3H3,(H,32,37)(H,34,44)(H,36,42). The number of hydrogen-bond acceptors (Lipinski definition) is 9. The number of likely N-dealkylation sites (N-methyl/N-ethyl adjacent to an activating group) is 1. The van der Waals surface area contributed by atoms with Gasteiger partial charge in [0.1, 0.15) is 18.2 Å². The molecule has 2 aromatic heterocycles. The van der Waals surface area contributed by atoms with Crippen LogP contribution in [0.5, 0.6) is 0 Å². The lowest BCUT2D eigenvalue weighted by Crippen LogP contribution is -2.39. The summed E-state index contributed by atoms with van der Waals surface area (Å²) in [5.74, 6) is 0.189. The molecule has 0 saturated heterocycles. The number of nitrogens with one attached hydrogen (secondary N) is 4. The van der Waals surface area contributed by atoms with Gasteiger partial charge in [-0.15, -0.1) is 5.10 Å². The average molecular weight is 633 g/mol. The van der Waals surface area contributed by atoms with Gasteiger partial charge in [0, 0.05) is 47.7 Å². The number of anilines is 2. The first-order valence-electron chi connectivity index (χ1n) is 14.3. The van der Waals surface area contributed by atoms with Crippen LogP contribution in [0.15, 0.2) is 55.0 Å². The van der Waals surface area contributed by atoms with E-state index >= 15 is 0 Å². The molecule has 45 heavy (non-hydrogen) atoms. The molecule has 234 valence electrons. The summed E-state index contributed by atoms with van der Waals surface area (Å²) in [6.07, 6.45) is 8.20. The van der Waals surface area contributed by atoms with Crippen molar-refractivity contribution in [3.63, 3.8) is 0 Å². The van der Waals surface area contributed by atoms with Crippen LogP contribution in [0.3, 0.4) is 0 Å². The lowest BCUT2D eigenvalue weighted by atomic mass is 10.0. The van der Waals surface area contributed by atoms with Crippen LogP contribution in [0.1, 0.15) is 43.1 Å². The van der Waals surface area contributed by atoms with Crippen LogP contribution < -0.4 is 16.0 Å². The lowest BCUT2D eigenvalue weighted by Gasteiger charge is -2.25. The van der Waals surface area contributed by atoms with Crippen molar-refractivity contribution in [2.24, 2.45) is 0 Å². The van der Waals surface area contributed by atoms with E-state index < -0.39 is 18.2 Å². The summed E-state index contributed by atoms with van der Waals surface area (Å²) in [6, 6.07) is 9.57. The normalized spacial score (nSPS) is 16.4. The molecule has 5 rings (SSSR count). The van der Waals surface area contributed by atoms with Crippen molar-refractivity contribution >= 4 is 47.0 Å². The second-order valence-corrected chi connectivity index (χ2v) is 11.1. The van der Waals surface area contributed by atoms with Crippen LogP contribution in [-0.4, -0.2) is 80.2 Å². The molecule has 4 aromatic rings. The Bertz CT molecular complexity index is 1700. The fourth-order valence-corrected chi connectivity index (χ4v) is 5.23. The van der Waals surface area contributed by atoms with E-state index in [9.17, 15) is 14.4 Å². The number of hydrogen-bond donors (Lipinski definition) is 4. The molecule has 0 radical (unpaired) electrons. The molecular weight excluding hydrogens is 600 g/mol. The molecule has 2 atom stereocenters. The molecule has 15 heteroatoms. The van der Waals surface area contributed by atoms with Crippen LogP contribution >= 0.6 is 11.6 Å². The molecule has 3 amide bonds. The second-order valence-electron chi connectivity index (χ2n) is 10.6. The number of amides is 3. The number of nitrogens with zero attached hydrogens (tertiary/aromatic N) is 6. The van der Waals surface area contributed by atoms with Crippen molar-refractivity contribution in [2.45, 2.75) is 37.8 Å². The molecule has 2 bridgehead atoms. The van der Waals surface area contributed by atoms with Gasteiger partial charge in [-0.2, -0.15) is 4.68 Å². The van der Waals surface area contributed by atoms with Gasteiger partial charge in [0.2, 0.25) is 11.8 Å². The molecule has 0 aliphatic carbocycles. The molecule has 2 aromatic carbocycles. The number of benzene rings is 2. The van der Waals surface area contributed by atoms with Crippen molar-refractivity contribution < 1.29 is 19.1 Å². The highest BCUT2D eigenvalue weighted by Crippen LogP contribution is 2.33. The van der Waals surface area contributed by atoms with Gasteiger partial charge in [-0.25, -0.2) is 9.78 Å². The fraction of sp³-hybridized carbons (Fsp3) is 0.300. The van der Waals surface area contributed by atoms with Gasteiger partial charge in [-0.05, 0) is 65.7 Å². The summed E-state index contributed by atoms with van der Waals surface area (Å²) < 4.78 is 6.22. The summed E-state index contributed by atoms with van der Waals surface area (Å²) in [7, 11) is 4.72. The molecule has 2 unspecified atom stereocenters. The van der Waals surface area contributed by atoms with Crippen molar-refractivity contribution in [1.82, 2.24) is 40.4 Å². The highest BCUT2D eigenvalue weighted by Gasteiger charge is 2.25. The maximum absolute atomic E-state index is 13.2. The number of ether oxygens (including phenoxy) is 1. The van der Waals surface area contributed by atoms with Crippen LogP contribution in [-0.2, 0) is 14.3 Å². The van der Waals surface area contributed by atoms with Gasteiger partial charge < -0.3 is 25.3 Å². The molecule has 3 heterocycles. The van der Waals surface area contributed by atoms with E-state index in [1.807, 2.05) is 6.07 Å². The average Bonchev–Trinajstić information content (AvgIpc) is 3.73. The number of halogens is 1. The Labute approximate surface area is 264 Å². The SMILES string of the molecule is COC(=O)Nc1ccc2c(c1)NC(C(=O)N(C)C)CCCCC(NC(=O)C=Cc1cc(Cl)ccc1-n1cnnn1)c1ncc-2[nH]1. The van der Waals surface area contributed by atoms with Gasteiger partial charge in [-0.3, -0.25) is 14.9 Å². The van der Waals surface area contributed by atoms with E-state index in [4.69, 9.17) is 16.3 Å². The lowest BCUT2D eigenvalue weighted by molar-refractivity contribution is -0.129. The van der Waals surface area contributed by atoms with E-state index in [0.29, 0.717) is 58.4 Å². The summed E-state index contributed by atoms with van der Waals surface area (Å²) >= 11 is 6.22. The second kappa shape index (κ2) is 14.0. The maximum atomic E-state index is 13.2. The zero-order chi connectivity index (χ0) is 31.9. The van der Waals surface area contributed by atoms with Crippen LogP contribution in [0, 0.1) is 0 Å². The Morgan fingerprint density at radius 2 is 1.96 bits per heavy atom. The number of carbonyl (C=O) groups excluding carboxylic acids is 3. The number of tetrazole rings is 1. The van der Waals surface area contributed by atoms with Gasteiger partial charge >= 0.3 is 6.09 Å². The summed E-state index contributed by atoms with van der Waals surface area (Å²) in [5, 5.41) is 20.9. The zero-order valence-corrected chi connectivity index (χ0v) is 25.7. The van der Waals surface area contributed by atoms with Gasteiger partial charge in [0.15, 0.2) is 0 Å². The number of aromatic amines is 1. The zero-order valence-electron chi connectivity index (χ0n) is 25.0. The Kier molecular flexibility index (Phi) is 9.73. The molecule has 14 nitrogen and oxygen atoms in total. The van der Waals surface area contributed by atoms with Gasteiger partial charge in [-0.1, -0.05) is 24.4 Å². The van der Waals surface area contributed by atoms with E-state index in [1.54, 1.807) is 61.6 Å². The number of H-pyrrole nitrogens is 1. The summed E-state index contributed by atoms with van der Waals surface area (Å²) in [4.78, 5) is 47.7. The van der Waals surface area contributed by atoms with Crippen LogP contribution in [0.25, 0.3) is 23.0 Å². The molecule has 1 aliphatic heterocycles. The molecule has 0 spiro atoms. The molecule has 4 N–H and O–H groups in total. The van der Waals surface area contributed by atoms with E-state index in [0.717, 1.165) is 12.0 Å². The minimum Gasteiger partial charge on any atom is -0.453 e. The Hall–Kier alpha value is -5.24. The third-order valence-corrected chi connectivity index (χ3v) is 7.52. The number of fused-ring (bicyclic) bond motifs is 4. The summed E-state index contributed by atoms with van der Waals surface area (Å²) in [5.41, 5.74) is 3.86. The largest absolute Gasteiger partial charge is 0.453 e. The van der Waals surface area contributed by atoms with Crippen molar-refractivity contribution in [3.8, 4) is 16.9 Å². The number of aromatic nitrogens is 6. The highest BCUT2D eigenvalue weighted by atomic mass is 35.5. The number of methoxy groups -OCH3 is 1.